The highest BCUT2D eigenvalue weighted by molar-refractivity contribution is 9.23. The van der Waals surface area contributed by atoms with Crippen molar-refractivity contribution >= 4 is 21.9 Å². The molecule has 0 N–H and O–H groups in total. The molecule has 0 bridgehead atoms. The molecule has 0 aliphatic heterocycles. The van der Waals surface area contributed by atoms with Gasteiger partial charge in [-0.2, -0.15) is 0 Å². The fourth-order valence-corrected chi connectivity index (χ4v) is 0. The van der Waals surface area contributed by atoms with Gasteiger partial charge in [-0.3, -0.25) is 0 Å². The van der Waals surface area contributed by atoms with Crippen molar-refractivity contribution in [3.05, 3.63) is 0 Å². The van der Waals surface area contributed by atoms with E-state index in [4.69, 9.17) is 5.26 Å². The Morgan fingerprint density at radius 3 is 1.62 bits per heavy atom. The summed E-state index contributed by atoms with van der Waals surface area (Å²) in [7, 11) is 6.00. The van der Waals surface area contributed by atoms with Crippen molar-refractivity contribution in [2.75, 3.05) is 21.1 Å². The van der Waals surface area contributed by atoms with E-state index in [0.717, 1.165) is 0 Å². The molecule has 0 aliphatic rings. The molecule has 0 aromatic heterocycles. The van der Waals surface area contributed by atoms with E-state index in [2.05, 4.69) is 15.8 Å². The maximum Gasteiger partial charge on any atom is 0.342 e. The van der Waals surface area contributed by atoms with Gasteiger partial charge in [0.25, 0.3) is 0 Å². The summed E-state index contributed by atoms with van der Waals surface area (Å²) >= 11 is 2.76. The highest BCUT2D eigenvalue weighted by Crippen LogP contribution is 1.62. The third-order valence-corrected chi connectivity index (χ3v) is 0.254. The summed E-state index contributed by atoms with van der Waals surface area (Å²) in [5.74, 6) is 1.72. The van der Waals surface area contributed by atoms with Crippen molar-refractivity contribution in [3.63, 3.8) is 0 Å². The zero-order valence-electron chi connectivity index (χ0n) is 5.35. The van der Waals surface area contributed by atoms with Crippen molar-refractivity contribution in [1.29, 1.82) is 5.26 Å². The standard InChI is InChI=1S/C3H9N.CBBrN/c1-4(2)3;3-2-1-4/h1-3H3;. The Morgan fingerprint density at radius 1 is 1.50 bits per heavy atom. The molecule has 4 heteroatoms. The quantitative estimate of drug-likeness (QED) is 0.506. The van der Waals surface area contributed by atoms with Gasteiger partial charge in [-0.15, -0.1) is 15.8 Å². The fraction of sp³-hybridized carbons (Fsp3) is 0.750. The lowest BCUT2D eigenvalue weighted by Crippen LogP contribution is -1.99. The van der Waals surface area contributed by atoms with Crippen LogP contribution in [0, 0.1) is 11.2 Å². The molecule has 0 aromatic carbocycles. The minimum atomic E-state index is 1.24. The van der Waals surface area contributed by atoms with Gasteiger partial charge in [-0.05, 0) is 21.1 Å². The lowest BCUT2D eigenvalue weighted by Gasteiger charge is -1.90. The van der Waals surface area contributed by atoms with E-state index in [9.17, 15) is 0 Å². The number of halogens is 1. The molecule has 0 aliphatic carbocycles. The topological polar surface area (TPSA) is 27.0 Å². The highest BCUT2D eigenvalue weighted by atomic mass is 79.9. The van der Waals surface area contributed by atoms with Gasteiger partial charge in [-0.25, -0.2) is 5.26 Å². The number of hydrogen-bond donors (Lipinski definition) is 0. The van der Waals surface area contributed by atoms with E-state index in [1.807, 2.05) is 26.0 Å². The number of hydrogen-bond acceptors (Lipinski definition) is 2. The van der Waals surface area contributed by atoms with E-state index >= 15 is 0 Å². The number of nitrogens with zero attached hydrogens (tertiary/aromatic N) is 2. The zero-order valence-corrected chi connectivity index (χ0v) is 6.94. The average Bonchev–Trinajstić information content (AvgIpc) is 1.65. The average molecular weight is 176 g/mol. The number of nitriles is 1. The Bertz CT molecular complexity index is 66.2. The normalized spacial score (nSPS) is 6.50. The van der Waals surface area contributed by atoms with Crippen molar-refractivity contribution in [3.8, 4) is 5.97 Å². The molecule has 0 aromatic rings. The predicted octanol–water partition coefficient (Wildman–Crippen LogP) is 0.659. The van der Waals surface area contributed by atoms with Gasteiger partial charge in [-0.1, -0.05) is 0 Å². The Balaban J connectivity index is 0. The van der Waals surface area contributed by atoms with Gasteiger partial charge >= 0.3 is 6.10 Å². The Morgan fingerprint density at radius 2 is 1.62 bits per heavy atom. The van der Waals surface area contributed by atoms with Crippen LogP contribution in [0.25, 0.3) is 0 Å². The Hall–Kier alpha value is -0.00506. The first kappa shape index (κ1) is 10.9. The fourth-order valence-electron chi connectivity index (χ4n) is 0. The molecule has 1 radical (unpaired) electrons. The van der Waals surface area contributed by atoms with Crippen LogP contribution in [0.15, 0.2) is 0 Å². The molecule has 0 heterocycles. The molecule has 0 rings (SSSR count). The minimum absolute atomic E-state index is 1.24. The van der Waals surface area contributed by atoms with E-state index in [0.29, 0.717) is 0 Å². The Labute approximate surface area is 59.7 Å². The van der Waals surface area contributed by atoms with Gasteiger partial charge < -0.3 is 4.90 Å². The molecule has 2 nitrogen and oxygen atoms in total. The van der Waals surface area contributed by atoms with Gasteiger partial charge in [0.15, 0.2) is 0 Å². The van der Waals surface area contributed by atoms with Crippen LogP contribution in [0.1, 0.15) is 0 Å². The molecule has 0 saturated heterocycles. The summed E-state index contributed by atoms with van der Waals surface area (Å²) in [5.41, 5.74) is 0. The molecule has 0 unspecified atom stereocenters. The van der Waals surface area contributed by atoms with Crippen molar-refractivity contribution in [2.45, 2.75) is 0 Å². The highest BCUT2D eigenvalue weighted by Gasteiger charge is 1.62. The van der Waals surface area contributed by atoms with Gasteiger partial charge in [0.2, 0.25) is 0 Å². The maximum absolute atomic E-state index is 7.52. The Kier molecular flexibility index (Phi) is 13.7. The van der Waals surface area contributed by atoms with E-state index in [1.54, 1.807) is 5.97 Å². The second kappa shape index (κ2) is 10.1. The molecule has 0 saturated carbocycles. The van der Waals surface area contributed by atoms with E-state index in [-0.39, 0.29) is 0 Å². The zero-order chi connectivity index (χ0) is 6.99. The van der Waals surface area contributed by atoms with Crippen molar-refractivity contribution in [2.24, 2.45) is 0 Å². The van der Waals surface area contributed by atoms with Crippen LogP contribution in [-0.4, -0.2) is 32.1 Å². The molecular formula is C4H9BBrN2. The summed E-state index contributed by atoms with van der Waals surface area (Å²) in [6.45, 7) is 0. The maximum atomic E-state index is 7.52. The monoisotopic (exact) mass is 175 g/mol. The molecule has 0 spiro atoms. The van der Waals surface area contributed by atoms with E-state index < -0.39 is 0 Å². The minimum Gasteiger partial charge on any atom is -0.312 e. The van der Waals surface area contributed by atoms with Crippen LogP contribution >= 0.6 is 15.8 Å². The third-order valence-electron chi connectivity index (χ3n) is 0.0488. The molecular weight excluding hydrogens is 167 g/mol. The van der Waals surface area contributed by atoms with Crippen LogP contribution in [0.3, 0.4) is 0 Å². The molecule has 0 fully saturated rings. The van der Waals surface area contributed by atoms with Crippen molar-refractivity contribution in [1.82, 2.24) is 4.90 Å². The first-order valence-corrected chi connectivity index (χ1v) is 2.99. The van der Waals surface area contributed by atoms with Crippen LogP contribution < -0.4 is 0 Å². The molecule has 45 valence electrons. The lowest BCUT2D eigenvalue weighted by molar-refractivity contribution is 0.505. The summed E-state index contributed by atoms with van der Waals surface area (Å²) in [5, 5.41) is 7.52. The third kappa shape index (κ3) is 151. The van der Waals surface area contributed by atoms with Crippen LogP contribution in [-0.2, 0) is 0 Å². The van der Waals surface area contributed by atoms with Crippen LogP contribution in [0.5, 0.6) is 0 Å². The van der Waals surface area contributed by atoms with Gasteiger partial charge in [0.05, 0.1) is 0 Å². The van der Waals surface area contributed by atoms with Crippen LogP contribution in [0.2, 0.25) is 0 Å². The summed E-state index contributed by atoms with van der Waals surface area (Å²) in [4.78, 5) is 2.00. The largest absolute Gasteiger partial charge is 0.342 e. The van der Waals surface area contributed by atoms with Gasteiger partial charge in [0.1, 0.15) is 0 Å². The smallest absolute Gasteiger partial charge is 0.312 e. The second-order valence-corrected chi connectivity index (χ2v) is 2.04. The summed E-state index contributed by atoms with van der Waals surface area (Å²) in [6, 6.07) is 0. The molecule has 0 amide bonds. The lowest BCUT2D eigenvalue weighted by atomic mass is 10.2. The molecule has 8 heavy (non-hydrogen) atoms. The van der Waals surface area contributed by atoms with E-state index in [1.165, 1.54) is 6.10 Å². The first-order valence-electron chi connectivity index (χ1n) is 2.07. The second-order valence-electron chi connectivity index (χ2n) is 1.58. The predicted molar refractivity (Wildman–Crippen MR) is 39.9 cm³/mol. The van der Waals surface area contributed by atoms with Gasteiger partial charge in [0, 0.05) is 5.97 Å². The molecule has 0 atom stereocenters. The number of rotatable bonds is 0. The van der Waals surface area contributed by atoms with Crippen LogP contribution in [0.4, 0.5) is 0 Å². The summed E-state index contributed by atoms with van der Waals surface area (Å²) in [6.07, 6.45) is 1.24. The first-order chi connectivity index (χ1) is 3.65. The van der Waals surface area contributed by atoms with Crippen molar-refractivity contribution < 1.29 is 0 Å². The SMILES string of the molecule is CN(C)C.N#C[B]Br. The summed E-state index contributed by atoms with van der Waals surface area (Å²) < 4.78 is 0.